The molecule has 1 atom stereocenters. The lowest BCUT2D eigenvalue weighted by Gasteiger charge is -2.12. The van der Waals surface area contributed by atoms with Gasteiger partial charge in [-0.2, -0.15) is 18.4 Å². The molecule has 0 fully saturated rings. The summed E-state index contributed by atoms with van der Waals surface area (Å²) < 4.78 is 48.9. The molecule has 0 saturated heterocycles. The number of rotatable bonds is 9. The van der Waals surface area contributed by atoms with Crippen molar-refractivity contribution < 1.29 is 32.4 Å². The maximum atomic E-state index is 12.7. The fourth-order valence-corrected chi connectivity index (χ4v) is 3.48. The van der Waals surface area contributed by atoms with E-state index in [1.807, 2.05) is 13.0 Å². The second-order valence-electron chi connectivity index (χ2n) is 7.52. The monoisotopic (exact) mass is 519 g/mol. The molecule has 3 aromatic rings. The van der Waals surface area contributed by atoms with Gasteiger partial charge >= 0.3 is 11.9 Å². The summed E-state index contributed by atoms with van der Waals surface area (Å²) in [7, 11) is 0. The Hall–Kier alpha value is -4.17. The van der Waals surface area contributed by atoms with Crippen molar-refractivity contribution in [1.82, 2.24) is 4.98 Å². The molecule has 8 nitrogen and oxygen atoms in total. The zero-order chi connectivity index (χ0) is 26.5. The van der Waals surface area contributed by atoms with Crippen LogP contribution in [0, 0.1) is 28.4 Å². The van der Waals surface area contributed by atoms with Gasteiger partial charge in [-0.1, -0.05) is 23.7 Å². The molecule has 1 unspecified atom stereocenters. The molecule has 0 amide bonds. The first-order valence-corrected chi connectivity index (χ1v) is 10.7. The van der Waals surface area contributed by atoms with Crippen LogP contribution in [-0.2, 0) is 11.0 Å². The number of aryl methyl sites for hydroxylation is 1. The minimum atomic E-state index is -4.56. The molecule has 2 aromatic carbocycles. The Morgan fingerprint density at radius 3 is 2.56 bits per heavy atom. The van der Waals surface area contributed by atoms with E-state index in [0.29, 0.717) is 11.8 Å². The van der Waals surface area contributed by atoms with Crippen LogP contribution in [0.4, 0.5) is 18.9 Å². The number of carbonyl (C=O) groups excluding carboxylic acids is 1. The minimum absolute atomic E-state index is 0.00974. The average molecular weight is 520 g/mol. The Labute approximate surface area is 208 Å². The lowest BCUT2D eigenvalue weighted by molar-refractivity contribution is -0.385. The predicted molar refractivity (Wildman–Crippen MR) is 122 cm³/mol. The average Bonchev–Trinajstić information content (AvgIpc) is 2.80. The van der Waals surface area contributed by atoms with Crippen molar-refractivity contribution in [2.24, 2.45) is 0 Å². The number of nitro benzene ring substituents is 1. The summed E-state index contributed by atoms with van der Waals surface area (Å²) in [4.78, 5) is 26.9. The molecular formula is C24H17ClF3N3O5. The highest BCUT2D eigenvalue weighted by molar-refractivity contribution is 6.31. The van der Waals surface area contributed by atoms with Crippen LogP contribution in [0.25, 0.3) is 0 Å². The molecule has 1 aromatic heterocycles. The Bertz CT molecular complexity index is 1320. The third-order valence-corrected chi connectivity index (χ3v) is 5.27. The zero-order valence-corrected chi connectivity index (χ0v) is 19.3. The fourth-order valence-electron chi connectivity index (χ4n) is 3.14. The summed E-state index contributed by atoms with van der Waals surface area (Å²) in [6.07, 6.45) is -4.21. The van der Waals surface area contributed by atoms with Crippen LogP contribution in [0.2, 0.25) is 5.02 Å². The molecule has 36 heavy (non-hydrogen) atoms. The van der Waals surface area contributed by atoms with E-state index in [1.165, 1.54) is 6.07 Å². The molecule has 0 spiro atoms. The number of pyridine rings is 1. The Morgan fingerprint density at radius 2 is 1.97 bits per heavy atom. The van der Waals surface area contributed by atoms with E-state index in [0.717, 1.165) is 29.8 Å². The highest BCUT2D eigenvalue weighted by atomic mass is 35.5. The molecule has 0 bridgehead atoms. The first kappa shape index (κ1) is 26.4. The van der Waals surface area contributed by atoms with Gasteiger partial charge in [0.1, 0.15) is 11.7 Å². The van der Waals surface area contributed by atoms with E-state index in [4.69, 9.17) is 21.1 Å². The van der Waals surface area contributed by atoms with Crippen molar-refractivity contribution in [3.63, 3.8) is 0 Å². The number of nitrogens with zero attached hydrogens (tertiary/aromatic N) is 3. The predicted octanol–water partition coefficient (Wildman–Crippen LogP) is 6.41. The maximum Gasteiger partial charge on any atom is 0.417 e. The maximum absolute atomic E-state index is 12.7. The molecule has 0 aliphatic carbocycles. The summed E-state index contributed by atoms with van der Waals surface area (Å²) in [6.45, 7) is 1.52. The number of ether oxygens (including phenoxy) is 2. The second kappa shape index (κ2) is 11.0. The van der Waals surface area contributed by atoms with Crippen LogP contribution in [0.5, 0.6) is 17.4 Å². The molecule has 0 N–H and O–H groups in total. The van der Waals surface area contributed by atoms with Crippen LogP contribution in [0.1, 0.15) is 29.0 Å². The Balaban J connectivity index is 1.71. The zero-order valence-electron chi connectivity index (χ0n) is 18.6. The summed E-state index contributed by atoms with van der Waals surface area (Å²) in [5, 5.41) is 21.1. The Morgan fingerprint density at radius 1 is 1.22 bits per heavy atom. The first-order valence-electron chi connectivity index (χ1n) is 10.3. The largest absolute Gasteiger partial charge is 0.486 e. The first-order chi connectivity index (χ1) is 17.0. The molecule has 0 aliphatic heterocycles. The van der Waals surface area contributed by atoms with Gasteiger partial charge in [0.2, 0.25) is 11.6 Å². The van der Waals surface area contributed by atoms with E-state index in [9.17, 15) is 33.3 Å². The van der Waals surface area contributed by atoms with Crippen LogP contribution in [-0.4, -0.2) is 22.3 Å². The Kier molecular flexibility index (Phi) is 8.11. The number of ketones is 1. The van der Waals surface area contributed by atoms with Gasteiger partial charge in [-0.25, -0.2) is 4.98 Å². The van der Waals surface area contributed by atoms with Crippen LogP contribution in [0.3, 0.4) is 0 Å². The quantitative estimate of drug-likeness (QED) is 0.237. The third kappa shape index (κ3) is 6.49. The second-order valence-corrected chi connectivity index (χ2v) is 7.93. The van der Waals surface area contributed by atoms with Gasteiger partial charge in [-0.3, -0.25) is 14.9 Å². The summed E-state index contributed by atoms with van der Waals surface area (Å²) in [5.74, 6) is -2.04. The number of alkyl halides is 3. The van der Waals surface area contributed by atoms with Crippen LogP contribution in [0.15, 0.2) is 54.7 Å². The van der Waals surface area contributed by atoms with Gasteiger partial charge in [-0.05, 0) is 36.2 Å². The number of nitro groups is 1. The molecule has 1 heterocycles. The van der Waals surface area contributed by atoms with Gasteiger partial charge in [0, 0.05) is 35.8 Å². The lowest BCUT2D eigenvalue weighted by atomic mass is 9.94. The summed E-state index contributed by atoms with van der Waals surface area (Å²) in [5.41, 5.74) is -0.180. The van der Waals surface area contributed by atoms with Crippen molar-refractivity contribution in [2.75, 3.05) is 6.61 Å². The molecule has 186 valence electrons. The molecular weight excluding hydrogens is 503 g/mol. The minimum Gasteiger partial charge on any atom is -0.486 e. The van der Waals surface area contributed by atoms with Crippen molar-refractivity contribution in [2.45, 2.75) is 25.4 Å². The molecule has 0 saturated carbocycles. The van der Waals surface area contributed by atoms with E-state index in [2.05, 4.69) is 4.98 Å². The number of Topliss-reactive ketones (excluding diaryl/α,β-unsaturated/α-hetero) is 1. The van der Waals surface area contributed by atoms with E-state index >= 15 is 0 Å². The number of nitriles is 1. The molecule has 3 rings (SSSR count). The smallest absolute Gasteiger partial charge is 0.417 e. The number of hydrogen-bond acceptors (Lipinski definition) is 7. The number of carbonyl (C=O) groups is 1. The third-order valence-electron chi connectivity index (χ3n) is 4.94. The van der Waals surface area contributed by atoms with Crippen molar-refractivity contribution in [3.05, 3.63) is 86.6 Å². The van der Waals surface area contributed by atoms with Gasteiger partial charge in [0.15, 0.2) is 5.78 Å². The normalized spacial score (nSPS) is 11.9. The van der Waals surface area contributed by atoms with Gasteiger partial charge in [-0.15, -0.1) is 0 Å². The van der Waals surface area contributed by atoms with Gasteiger partial charge in [0.25, 0.3) is 0 Å². The molecule has 12 heteroatoms. The number of aromatic nitrogens is 1. The van der Waals surface area contributed by atoms with Crippen molar-refractivity contribution in [3.8, 4) is 23.4 Å². The SMILES string of the molecule is Cc1ccc(C(C#N)C(=O)CCOc2cc(Oc3ccc(C(F)(F)F)cn3)ccc2[N+](=O)[O-])c(Cl)c1. The van der Waals surface area contributed by atoms with Gasteiger partial charge in [0.05, 0.1) is 23.2 Å². The van der Waals surface area contributed by atoms with E-state index < -0.39 is 34.1 Å². The van der Waals surface area contributed by atoms with Crippen molar-refractivity contribution >= 4 is 23.1 Å². The highest BCUT2D eigenvalue weighted by Gasteiger charge is 2.31. The number of benzene rings is 2. The van der Waals surface area contributed by atoms with E-state index in [-0.39, 0.29) is 35.4 Å². The fraction of sp³-hybridized carbons (Fsp3) is 0.208. The number of hydrogen-bond donors (Lipinski definition) is 0. The summed E-state index contributed by atoms with van der Waals surface area (Å²) in [6, 6.07) is 12.1. The number of halogens is 4. The summed E-state index contributed by atoms with van der Waals surface area (Å²) >= 11 is 6.16. The standard InChI is InChI=1S/C24H17ClF3N3O5/c1-14-2-5-17(19(25)10-14)18(12-29)21(32)8-9-35-22-11-16(4-6-20(22)31(33)34)36-23-7-3-15(13-30-23)24(26,27)28/h2-7,10-11,13,18H,8-9H2,1H3. The topological polar surface area (TPSA) is 115 Å². The van der Waals surface area contributed by atoms with Gasteiger partial charge < -0.3 is 9.47 Å². The van der Waals surface area contributed by atoms with Crippen LogP contribution >= 0.6 is 11.6 Å². The van der Waals surface area contributed by atoms with Crippen molar-refractivity contribution in [1.29, 1.82) is 5.26 Å². The molecule has 0 radical (unpaired) electrons. The van der Waals surface area contributed by atoms with E-state index in [1.54, 1.807) is 18.2 Å². The highest BCUT2D eigenvalue weighted by Crippen LogP contribution is 2.34. The van der Waals surface area contributed by atoms with Crippen LogP contribution < -0.4 is 9.47 Å². The lowest BCUT2D eigenvalue weighted by Crippen LogP contribution is -2.15. The molecule has 0 aliphatic rings.